The molecule has 0 fully saturated rings. The van der Waals surface area contributed by atoms with Gasteiger partial charge in [0.1, 0.15) is 17.3 Å². The second kappa shape index (κ2) is 7.29. The van der Waals surface area contributed by atoms with Gasteiger partial charge in [-0.15, -0.1) is 0 Å². The summed E-state index contributed by atoms with van der Waals surface area (Å²) in [6.45, 7) is 0. The average molecular weight is 358 g/mol. The maximum absolute atomic E-state index is 5.31. The molecule has 134 valence electrons. The Morgan fingerprint density at radius 3 is 2.22 bits per heavy atom. The third-order valence-corrected chi connectivity index (χ3v) is 4.17. The van der Waals surface area contributed by atoms with Crippen molar-refractivity contribution in [3.8, 4) is 22.6 Å². The van der Waals surface area contributed by atoms with Crippen LogP contribution in [0.2, 0.25) is 0 Å². The van der Waals surface area contributed by atoms with E-state index in [1.165, 1.54) is 0 Å². The van der Waals surface area contributed by atoms with Crippen molar-refractivity contribution in [3.63, 3.8) is 0 Å². The molecule has 0 aliphatic rings. The lowest BCUT2D eigenvalue weighted by Gasteiger charge is -2.11. The first kappa shape index (κ1) is 16.8. The van der Waals surface area contributed by atoms with Gasteiger partial charge in [-0.2, -0.15) is 0 Å². The first-order valence-corrected chi connectivity index (χ1v) is 8.42. The van der Waals surface area contributed by atoms with Crippen LogP contribution in [0.5, 0.6) is 11.5 Å². The Kier molecular flexibility index (Phi) is 4.53. The Hall–Kier alpha value is -3.67. The van der Waals surface area contributed by atoms with Gasteiger partial charge in [0, 0.05) is 48.0 Å². The summed E-state index contributed by atoms with van der Waals surface area (Å²) in [5.74, 6) is 2.13. The van der Waals surface area contributed by atoms with Crippen molar-refractivity contribution in [2.45, 2.75) is 0 Å². The van der Waals surface area contributed by atoms with Crippen molar-refractivity contribution in [1.82, 2.24) is 15.0 Å². The zero-order valence-electron chi connectivity index (χ0n) is 15.0. The van der Waals surface area contributed by atoms with Gasteiger partial charge in [0.05, 0.1) is 25.3 Å². The van der Waals surface area contributed by atoms with E-state index in [9.17, 15) is 0 Å². The molecule has 0 spiro atoms. The summed E-state index contributed by atoms with van der Waals surface area (Å²) in [6, 6.07) is 15.4. The molecule has 1 aromatic carbocycles. The lowest BCUT2D eigenvalue weighted by atomic mass is 10.1. The second-order valence-corrected chi connectivity index (χ2v) is 5.92. The number of rotatable bonds is 5. The van der Waals surface area contributed by atoms with Crippen molar-refractivity contribution in [2.75, 3.05) is 19.5 Å². The molecule has 0 saturated carbocycles. The first-order chi connectivity index (χ1) is 13.2. The maximum Gasteiger partial charge on any atom is 0.131 e. The second-order valence-electron chi connectivity index (χ2n) is 5.92. The Morgan fingerprint density at radius 2 is 1.52 bits per heavy atom. The predicted octanol–water partition coefficient (Wildman–Crippen LogP) is 4.45. The zero-order chi connectivity index (χ0) is 18.6. The van der Waals surface area contributed by atoms with E-state index in [0.717, 1.165) is 27.8 Å². The van der Waals surface area contributed by atoms with Gasteiger partial charge in [-0.05, 0) is 35.9 Å². The summed E-state index contributed by atoms with van der Waals surface area (Å²) in [6.07, 6.45) is 5.38. The van der Waals surface area contributed by atoms with Crippen molar-refractivity contribution in [1.29, 1.82) is 0 Å². The third-order valence-electron chi connectivity index (χ3n) is 4.17. The standard InChI is InChI=1S/C21H18N4O2/c1-26-17-10-16(11-18(12-17)27-2)24-21-4-3-19-20(25-21)9-15(13-23-19)14-5-7-22-8-6-14/h3-13H,1-2H3,(H,24,25). The van der Waals surface area contributed by atoms with E-state index in [-0.39, 0.29) is 0 Å². The minimum absolute atomic E-state index is 0.708. The van der Waals surface area contributed by atoms with Crippen LogP contribution < -0.4 is 14.8 Å². The normalized spacial score (nSPS) is 10.6. The molecule has 0 bridgehead atoms. The number of methoxy groups -OCH3 is 2. The number of pyridine rings is 3. The number of nitrogens with zero attached hydrogens (tertiary/aromatic N) is 3. The number of hydrogen-bond donors (Lipinski definition) is 1. The van der Waals surface area contributed by atoms with E-state index in [2.05, 4.69) is 15.3 Å². The number of hydrogen-bond acceptors (Lipinski definition) is 6. The van der Waals surface area contributed by atoms with E-state index in [0.29, 0.717) is 17.3 Å². The van der Waals surface area contributed by atoms with E-state index >= 15 is 0 Å². The fraction of sp³-hybridized carbons (Fsp3) is 0.0952. The van der Waals surface area contributed by atoms with Crippen LogP contribution in [0.25, 0.3) is 22.2 Å². The topological polar surface area (TPSA) is 69.2 Å². The van der Waals surface area contributed by atoms with Crippen LogP contribution in [0.3, 0.4) is 0 Å². The molecular weight excluding hydrogens is 340 g/mol. The molecule has 4 rings (SSSR count). The summed E-state index contributed by atoms with van der Waals surface area (Å²) in [5.41, 5.74) is 4.52. The number of benzene rings is 1. The molecule has 0 radical (unpaired) electrons. The van der Waals surface area contributed by atoms with Crippen LogP contribution in [-0.4, -0.2) is 29.2 Å². The summed E-state index contributed by atoms with van der Waals surface area (Å²) >= 11 is 0. The van der Waals surface area contributed by atoms with E-state index in [1.807, 2.05) is 54.7 Å². The molecule has 6 heteroatoms. The van der Waals surface area contributed by atoms with E-state index in [4.69, 9.17) is 14.5 Å². The zero-order valence-corrected chi connectivity index (χ0v) is 15.0. The fourth-order valence-electron chi connectivity index (χ4n) is 2.81. The van der Waals surface area contributed by atoms with Gasteiger partial charge < -0.3 is 14.8 Å². The number of anilines is 2. The van der Waals surface area contributed by atoms with Gasteiger partial charge in [-0.25, -0.2) is 4.98 Å². The highest BCUT2D eigenvalue weighted by atomic mass is 16.5. The summed E-state index contributed by atoms with van der Waals surface area (Å²) < 4.78 is 10.6. The molecule has 3 heterocycles. The van der Waals surface area contributed by atoms with Crippen LogP contribution in [0.15, 0.2) is 67.1 Å². The third kappa shape index (κ3) is 3.64. The van der Waals surface area contributed by atoms with Crippen LogP contribution in [0.1, 0.15) is 0 Å². The predicted molar refractivity (Wildman–Crippen MR) is 106 cm³/mol. The SMILES string of the molecule is COc1cc(Nc2ccc3ncc(-c4ccncc4)cc3n2)cc(OC)c1. The van der Waals surface area contributed by atoms with Gasteiger partial charge in [0.25, 0.3) is 0 Å². The molecule has 0 atom stereocenters. The van der Waals surface area contributed by atoms with Gasteiger partial charge >= 0.3 is 0 Å². The van der Waals surface area contributed by atoms with Crippen molar-refractivity contribution < 1.29 is 9.47 Å². The highest BCUT2D eigenvalue weighted by molar-refractivity contribution is 5.82. The molecule has 27 heavy (non-hydrogen) atoms. The fourth-order valence-corrected chi connectivity index (χ4v) is 2.81. The number of ether oxygens (including phenoxy) is 2. The highest BCUT2D eigenvalue weighted by Crippen LogP contribution is 2.28. The molecular formula is C21H18N4O2. The number of aromatic nitrogens is 3. The van der Waals surface area contributed by atoms with Gasteiger partial charge in [-0.3, -0.25) is 9.97 Å². The lowest BCUT2D eigenvalue weighted by molar-refractivity contribution is 0.395. The Bertz CT molecular complexity index is 1060. The minimum Gasteiger partial charge on any atom is -0.497 e. The van der Waals surface area contributed by atoms with Crippen LogP contribution in [0, 0.1) is 0 Å². The Morgan fingerprint density at radius 1 is 0.778 bits per heavy atom. The molecule has 0 aliphatic heterocycles. The molecule has 1 N–H and O–H groups in total. The quantitative estimate of drug-likeness (QED) is 0.568. The number of nitrogens with one attached hydrogen (secondary N) is 1. The lowest BCUT2D eigenvalue weighted by Crippen LogP contribution is -1.96. The summed E-state index contributed by atoms with van der Waals surface area (Å²) in [7, 11) is 3.25. The monoisotopic (exact) mass is 358 g/mol. The molecule has 6 nitrogen and oxygen atoms in total. The van der Waals surface area contributed by atoms with Crippen LogP contribution >= 0.6 is 0 Å². The van der Waals surface area contributed by atoms with E-state index in [1.54, 1.807) is 26.6 Å². The van der Waals surface area contributed by atoms with Crippen LogP contribution in [-0.2, 0) is 0 Å². The Labute approximate surface area is 156 Å². The van der Waals surface area contributed by atoms with Gasteiger partial charge in [0.2, 0.25) is 0 Å². The Balaban J connectivity index is 1.69. The van der Waals surface area contributed by atoms with Crippen molar-refractivity contribution in [3.05, 3.63) is 67.1 Å². The van der Waals surface area contributed by atoms with Gasteiger partial charge in [-0.1, -0.05) is 0 Å². The largest absolute Gasteiger partial charge is 0.497 e. The molecule has 0 aliphatic carbocycles. The smallest absolute Gasteiger partial charge is 0.131 e. The molecule has 0 unspecified atom stereocenters. The maximum atomic E-state index is 5.31. The van der Waals surface area contributed by atoms with Crippen LogP contribution in [0.4, 0.5) is 11.5 Å². The summed E-state index contributed by atoms with van der Waals surface area (Å²) in [4.78, 5) is 13.3. The van der Waals surface area contributed by atoms with Crippen molar-refractivity contribution >= 4 is 22.5 Å². The molecule has 0 amide bonds. The molecule has 3 aromatic heterocycles. The minimum atomic E-state index is 0.708. The average Bonchev–Trinajstić information content (AvgIpc) is 2.73. The summed E-state index contributed by atoms with van der Waals surface area (Å²) in [5, 5.41) is 3.30. The molecule has 4 aromatic rings. The van der Waals surface area contributed by atoms with Gasteiger partial charge in [0.15, 0.2) is 0 Å². The number of fused-ring (bicyclic) bond motifs is 1. The van der Waals surface area contributed by atoms with Crippen molar-refractivity contribution in [2.24, 2.45) is 0 Å². The molecule has 0 saturated heterocycles. The van der Waals surface area contributed by atoms with E-state index < -0.39 is 0 Å². The highest BCUT2D eigenvalue weighted by Gasteiger charge is 2.06. The first-order valence-electron chi connectivity index (χ1n) is 8.42.